The molecule has 0 bridgehead atoms. The molecule has 0 saturated carbocycles. The van der Waals surface area contributed by atoms with E-state index in [9.17, 15) is 0 Å². The molecule has 3 nitrogen and oxygen atoms in total. The van der Waals surface area contributed by atoms with Gasteiger partial charge in [0.1, 0.15) is 6.61 Å². The summed E-state index contributed by atoms with van der Waals surface area (Å²) in [7, 11) is 0. The molecule has 12 heavy (non-hydrogen) atoms. The lowest BCUT2D eigenvalue weighted by atomic mass is 10.4. The van der Waals surface area contributed by atoms with Crippen molar-refractivity contribution in [2.75, 3.05) is 26.2 Å². The lowest BCUT2D eigenvalue weighted by molar-refractivity contribution is 0.173. The second kappa shape index (κ2) is 10.7. The third-order valence-electron chi connectivity index (χ3n) is 1.48. The maximum Gasteiger partial charge on any atom is 0.128 e. The van der Waals surface area contributed by atoms with Gasteiger partial charge in [-0.2, -0.15) is 0 Å². The van der Waals surface area contributed by atoms with Crippen LogP contribution in [-0.2, 0) is 4.84 Å². The average molecular weight is 193 g/mol. The van der Waals surface area contributed by atoms with Crippen LogP contribution >= 0.6 is 12.4 Å². The molecule has 4 heteroatoms. The second-order valence-corrected chi connectivity index (χ2v) is 2.13. The first-order valence-electron chi connectivity index (χ1n) is 3.84. The summed E-state index contributed by atoms with van der Waals surface area (Å²) in [6.45, 7) is 7.43. The molecule has 0 amide bonds. The summed E-state index contributed by atoms with van der Waals surface area (Å²) in [5, 5.41) is 0. The fourth-order valence-electron chi connectivity index (χ4n) is 0.708. The van der Waals surface area contributed by atoms with Crippen LogP contribution < -0.4 is 5.90 Å². The first-order chi connectivity index (χ1) is 5.35. The Kier molecular flexibility index (Phi) is 12.8. The fraction of sp³-hybridized carbons (Fsp3) is 0.750. The zero-order valence-corrected chi connectivity index (χ0v) is 8.49. The van der Waals surface area contributed by atoms with Crippen molar-refractivity contribution in [2.45, 2.75) is 13.8 Å². The largest absolute Gasteiger partial charge is 0.293 e. The van der Waals surface area contributed by atoms with Crippen molar-refractivity contribution in [1.82, 2.24) is 4.90 Å². The van der Waals surface area contributed by atoms with Crippen LogP contribution in [-0.4, -0.2) is 31.1 Å². The van der Waals surface area contributed by atoms with Crippen LogP contribution in [0.15, 0.2) is 0 Å². The Bertz CT molecular complexity index is 138. The highest BCUT2D eigenvalue weighted by Gasteiger charge is 1.92. The van der Waals surface area contributed by atoms with Crippen molar-refractivity contribution in [2.24, 2.45) is 5.90 Å². The van der Waals surface area contributed by atoms with E-state index in [2.05, 4.69) is 35.4 Å². The van der Waals surface area contributed by atoms with Gasteiger partial charge in [0.05, 0.1) is 6.54 Å². The maximum atomic E-state index is 4.79. The minimum atomic E-state index is 0. The van der Waals surface area contributed by atoms with Gasteiger partial charge in [0.15, 0.2) is 0 Å². The summed E-state index contributed by atoms with van der Waals surface area (Å²) < 4.78 is 0. The summed E-state index contributed by atoms with van der Waals surface area (Å²) in [6.07, 6.45) is 0. The van der Waals surface area contributed by atoms with Crippen LogP contribution in [0.5, 0.6) is 0 Å². The monoisotopic (exact) mass is 192 g/mol. The Morgan fingerprint density at radius 1 is 1.25 bits per heavy atom. The molecule has 0 aliphatic heterocycles. The first kappa shape index (κ1) is 14.3. The van der Waals surface area contributed by atoms with E-state index in [-0.39, 0.29) is 12.4 Å². The van der Waals surface area contributed by atoms with E-state index in [1.165, 1.54) is 0 Å². The van der Waals surface area contributed by atoms with Gasteiger partial charge in [0, 0.05) is 0 Å². The summed E-state index contributed by atoms with van der Waals surface area (Å²) in [4.78, 5) is 6.52. The highest BCUT2D eigenvalue weighted by atomic mass is 35.5. The molecule has 0 spiro atoms. The maximum absolute atomic E-state index is 4.79. The van der Waals surface area contributed by atoms with Gasteiger partial charge in [-0.3, -0.25) is 9.74 Å². The highest BCUT2D eigenvalue weighted by molar-refractivity contribution is 5.85. The van der Waals surface area contributed by atoms with E-state index in [1.807, 2.05) is 0 Å². The van der Waals surface area contributed by atoms with E-state index in [4.69, 9.17) is 5.90 Å². The molecule has 0 rings (SSSR count). The van der Waals surface area contributed by atoms with Gasteiger partial charge in [-0.15, -0.1) is 12.4 Å². The zero-order valence-electron chi connectivity index (χ0n) is 7.67. The molecule has 0 unspecified atom stereocenters. The van der Waals surface area contributed by atoms with E-state index in [0.29, 0.717) is 6.61 Å². The van der Waals surface area contributed by atoms with Gasteiger partial charge in [-0.25, -0.2) is 5.90 Å². The van der Waals surface area contributed by atoms with Crippen molar-refractivity contribution < 1.29 is 4.84 Å². The number of halogens is 1. The molecule has 0 fully saturated rings. The van der Waals surface area contributed by atoms with E-state index in [1.54, 1.807) is 0 Å². The first-order valence-corrected chi connectivity index (χ1v) is 3.84. The van der Waals surface area contributed by atoms with Crippen LogP contribution in [0.1, 0.15) is 13.8 Å². The van der Waals surface area contributed by atoms with Crippen LogP contribution in [0.3, 0.4) is 0 Å². The number of nitrogens with two attached hydrogens (primary N) is 1. The lowest BCUT2D eigenvalue weighted by Gasteiger charge is -2.12. The van der Waals surface area contributed by atoms with Gasteiger partial charge in [-0.1, -0.05) is 25.7 Å². The van der Waals surface area contributed by atoms with Crippen LogP contribution in [0.4, 0.5) is 0 Å². The van der Waals surface area contributed by atoms with E-state index >= 15 is 0 Å². The molecule has 0 radical (unpaired) electrons. The molecule has 72 valence electrons. The van der Waals surface area contributed by atoms with Crippen molar-refractivity contribution in [3.05, 3.63) is 0 Å². The van der Waals surface area contributed by atoms with Gasteiger partial charge in [0.2, 0.25) is 0 Å². The molecule has 0 aromatic heterocycles. The Hall–Kier alpha value is -0.270. The highest BCUT2D eigenvalue weighted by Crippen LogP contribution is 1.82. The van der Waals surface area contributed by atoms with Gasteiger partial charge in [0.25, 0.3) is 0 Å². The van der Waals surface area contributed by atoms with Crippen molar-refractivity contribution in [3.63, 3.8) is 0 Å². The normalized spacial score (nSPS) is 8.67. The number of rotatable bonds is 4. The molecule has 2 N–H and O–H groups in total. The molecule has 0 aliphatic rings. The van der Waals surface area contributed by atoms with Crippen molar-refractivity contribution in [3.8, 4) is 11.8 Å². The third-order valence-corrected chi connectivity index (χ3v) is 1.48. The smallest absolute Gasteiger partial charge is 0.128 e. The molecule has 0 aliphatic carbocycles. The topological polar surface area (TPSA) is 38.5 Å². The molecular formula is C8H17ClN2O. The Morgan fingerprint density at radius 3 is 2.25 bits per heavy atom. The summed E-state index contributed by atoms with van der Waals surface area (Å²) >= 11 is 0. The van der Waals surface area contributed by atoms with Gasteiger partial charge < -0.3 is 0 Å². The zero-order chi connectivity index (χ0) is 8.53. The Balaban J connectivity index is 0. The molecular weight excluding hydrogens is 176 g/mol. The van der Waals surface area contributed by atoms with Crippen molar-refractivity contribution >= 4 is 12.4 Å². The number of nitrogens with zero attached hydrogens (tertiary/aromatic N) is 1. The van der Waals surface area contributed by atoms with Crippen molar-refractivity contribution in [1.29, 1.82) is 0 Å². The van der Waals surface area contributed by atoms with Crippen LogP contribution in [0, 0.1) is 11.8 Å². The predicted octanol–water partition coefficient (Wildman–Crippen LogP) is 0.644. The van der Waals surface area contributed by atoms with Crippen LogP contribution in [0.2, 0.25) is 0 Å². The van der Waals surface area contributed by atoms with E-state index in [0.717, 1.165) is 19.6 Å². The van der Waals surface area contributed by atoms with Crippen LogP contribution in [0.25, 0.3) is 0 Å². The average Bonchev–Trinajstić information content (AvgIpc) is 2.05. The quantitative estimate of drug-likeness (QED) is 0.525. The molecule has 0 atom stereocenters. The summed E-state index contributed by atoms with van der Waals surface area (Å²) in [5.41, 5.74) is 0. The minimum Gasteiger partial charge on any atom is -0.293 e. The minimum absolute atomic E-state index is 0. The fourth-order valence-corrected chi connectivity index (χ4v) is 0.708. The molecule has 0 aromatic carbocycles. The Morgan fingerprint density at radius 2 is 1.83 bits per heavy atom. The SMILES string of the molecule is CCN(CC)CC#CCON.Cl. The molecule has 0 saturated heterocycles. The summed E-state index contributed by atoms with van der Waals surface area (Å²) in [5.74, 6) is 10.5. The molecule has 0 heterocycles. The summed E-state index contributed by atoms with van der Waals surface area (Å²) in [6, 6.07) is 0. The lowest BCUT2D eigenvalue weighted by Crippen LogP contribution is -2.22. The van der Waals surface area contributed by atoms with E-state index < -0.39 is 0 Å². The van der Waals surface area contributed by atoms with Gasteiger partial charge >= 0.3 is 0 Å². The predicted molar refractivity (Wildman–Crippen MR) is 53.0 cm³/mol. The van der Waals surface area contributed by atoms with Gasteiger partial charge in [-0.05, 0) is 13.1 Å². The Labute approximate surface area is 80.6 Å². The molecule has 0 aromatic rings. The number of hydrogen-bond donors (Lipinski definition) is 1. The third kappa shape index (κ3) is 7.83. The number of hydrogen-bond acceptors (Lipinski definition) is 3. The standard InChI is InChI=1S/C8H16N2O.ClH/c1-3-10(4-2)7-5-6-8-11-9;/h3-4,7-9H2,1-2H3;1H. The second-order valence-electron chi connectivity index (χ2n) is 2.13.